The second kappa shape index (κ2) is 8.43. The summed E-state index contributed by atoms with van der Waals surface area (Å²) in [5.41, 5.74) is 3.07. The molecule has 0 spiro atoms. The van der Waals surface area contributed by atoms with Gasteiger partial charge in [-0.25, -0.2) is 9.97 Å². The molecule has 7 heteroatoms. The molecule has 0 radical (unpaired) electrons. The monoisotopic (exact) mass is 385 g/mol. The summed E-state index contributed by atoms with van der Waals surface area (Å²) in [4.78, 5) is 24.1. The lowest BCUT2D eigenvalue weighted by atomic mass is 10.2. The van der Waals surface area contributed by atoms with E-state index < -0.39 is 0 Å². The minimum Gasteiger partial charge on any atom is -0.493 e. The number of H-pyrrole nitrogens is 1. The van der Waals surface area contributed by atoms with Crippen molar-refractivity contribution in [3.05, 3.63) is 57.3 Å². The number of aromatic nitrogens is 3. The summed E-state index contributed by atoms with van der Waals surface area (Å²) in [6, 6.07) is 7.68. The van der Waals surface area contributed by atoms with Gasteiger partial charge in [-0.05, 0) is 39.3 Å². The number of aryl methyl sites for hydroxylation is 2. The smallest absolute Gasteiger partial charge is 0.254 e. The molecule has 0 bridgehead atoms. The highest BCUT2D eigenvalue weighted by atomic mass is 32.2. The molecule has 0 atom stereocenters. The van der Waals surface area contributed by atoms with Crippen LogP contribution in [0.3, 0.4) is 0 Å². The molecule has 2 heterocycles. The Bertz CT molecular complexity index is 994. The van der Waals surface area contributed by atoms with Gasteiger partial charge in [0, 0.05) is 17.0 Å². The summed E-state index contributed by atoms with van der Waals surface area (Å²) >= 11 is 1.44. The van der Waals surface area contributed by atoms with Crippen molar-refractivity contribution in [3.63, 3.8) is 0 Å². The van der Waals surface area contributed by atoms with Gasteiger partial charge in [-0.2, -0.15) is 0 Å². The number of thioether (sulfide) groups is 1. The van der Waals surface area contributed by atoms with Crippen LogP contribution in [-0.2, 0) is 12.2 Å². The fourth-order valence-electron chi connectivity index (χ4n) is 2.81. The number of ether oxygens (including phenoxy) is 1. The molecule has 0 aliphatic carbocycles. The van der Waals surface area contributed by atoms with Crippen LogP contribution >= 0.6 is 11.8 Å². The normalized spacial score (nSPS) is 11.0. The average Bonchev–Trinajstić information content (AvgIpc) is 3.01. The molecule has 3 rings (SSSR count). The summed E-state index contributed by atoms with van der Waals surface area (Å²) in [7, 11) is 0. The predicted molar refractivity (Wildman–Crippen MR) is 106 cm³/mol. The number of hydrogen-bond acceptors (Lipinski definition) is 6. The molecule has 1 aromatic carbocycles. The molecule has 0 saturated carbocycles. The quantitative estimate of drug-likeness (QED) is 0.482. The lowest BCUT2D eigenvalue weighted by Gasteiger charge is -2.06. The molecule has 0 aliphatic heterocycles. The maximum absolute atomic E-state index is 12.1. The van der Waals surface area contributed by atoms with Crippen molar-refractivity contribution >= 4 is 11.8 Å². The number of aromatic amines is 1. The maximum atomic E-state index is 12.1. The van der Waals surface area contributed by atoms with E-state index in [9.17, 15) is 4.79 Å². The van der Waals surface area contributed by atoms with E-state index in [4.69, 9.17) is 9.15 Å². The number of benzene rings is 1. The molecule has 6 nitrogen and oxygen atoms in total. The van der Waals surface area contributed by atoms with E-state index in [0.717, 1.165) is 34.0 Å². The van der Waals surface area contributed by atoms with Crippen molar-refractivity contribution in [1.29, 1.82) is 0 Å². The molecule has 2 aromatic heterocycles. The third-order valence-corrected chi connectivity index (χ3v) is 5.09. The zero-order valence-electron chi connectivity index (χ0n) is 16.0. The standard InChI is InChI=1S/C20H23N3O3S/c1-5-14-12(3)21-20(23-18(14)24)27-11-16-13(4)26-19(22-16)15-9-7-8-10-17(15)25-6-2/h7-10H,5-6,11H2,1-4H3,(H,21,23,24). The van der Waals surface area contributed by atoms with Gasteiger partial charge in [-0.1, -0.05) is 30.8 Å². The number of oxazole rings is 1. The van der Waals surface area contributed by atoms with Gasteiger partial charge < -0.3 is 14.1 Å². The highest BCUT2D eigenvalue weighted by molar-refractivity contribution is 7.98. The Balaban J connectivity index is 1.81. The Morgan fingerprint density at radius 3 is 2.67 bits per heavy atom. The van der Waals surface area contributed by atoms with Gasteiger partial charge in [-0.3, -0.25) is 4.79 Å². The van der Waals surface area contributed by atoms with Gasteiger partial charge in [0.05, 0.1) is 17.9 Å². The summed E-state index contributed by atoms with van der Waals surface area (Å²) in [5, 5.41) is 0.591. The predicted octanol–water partition coefficient (Wildman–Crippen LogP) is 4.30. The van der Waals surface area contributed by atoms with Crippen LogP contribution < -0.4 is 10.3 Å². The van der Waals surface area contributed by atoms with E-state index in [1.807, 2.05) is 52.0 Å². The highest BCUT2D eigenvalue weighted by Crippen LogP contribution is 2.32. The summed E-state index contributed by atoms with van der Waals surface area (Å²) in [6.07, 6.45) is 0.671. The van der Waals surface area contributed by atoms with Crippen LogP contribution in [-0.4, -0.2) is 21.6 Å². The van der Waals surface area contributed by atoms with E-state index in [-0.39, 0.29) is 5.56 Å². The van der Waals surface area contributed by atoms with Gasteiger partial charge in [0.15, 0.2) is 5.16 Å². The molecule has 0 saturated heterocycles. The molecule has 0 unspecified atom stereocenters. The Morgan fingerprint density at radius 2 is 1.96 bits per heavy atom. The third-order valence-electron chi connectivity index (χ3n) is 4.21. The van der Waals surface area contributed by atoms with Crippen LogP contribution in [0.2, 0.25) is 0 Å². The van der Waals surface area contributed by atoms with Crippen LogP contribution in [0.15, 0.2) is 38.6 Å². The van der Waals surface area contributed by atoms with Gasteiger partial charge in [0.2, 0.25) is 5.89 Å². The Morgan fingerprint density at radius 1 is 1.19 bits per heavy atom. The molecule has 0 fully saturated rings. The number of hydrogen-bond donors (Lipinski definition) is 1. The van der Waals surface area contributed by atoms with Crippen molar-refractivity contribution in [2.45, 2.75) is 45.0 Å². The van der Waals surface area contributed by atoms with Crippen LogP contribution in [0, 0.1) is 13.8 Å². The second-order valence-corrected chi connectivity index (χ2v) is 6.99. The zero-order chi connectivity index (χ0) is 19.4. The number of rotatable bonds is 7. The Kier molecular flexibility index (Phi) is 6.01. The van der Waals surface area contributed by atoms with Crippen molar-refractivity contribution in [2.24, 2.45) is 0 Å². The average molecular weight is 385 g/mol. The van der Waals surface area contributed by atoms with E-state index in [1.165, 1.54) is 11.8 Å². The SMILES string of the molecule is CCOc1ccccc1-c1nc(CSc2nc(C)c(CC)c(=O)[nH]2)c(C)o1. The van der Waals surface area contributed by atoms with E-state index in [1.54, 1.807) is 0 Å². The van der Waals surface area contributed by atoms with Crippen LogP contribution in [0.4, 0.5) is 0 Å². The fraction of sp³-hybridized carbons (Fsp3) is 0.350. The first-order valence-electron chi connectivity index (χ1n) is 8.94. The minimum atomic E-state index is -0.0734. The Hall–Kier alpha value is -2.54. The van der Waals surface area contributed by atoms with Crippen molar-refractivity contribution in [2.75, 3.05) is 6.61 Å². The van der Waals surface area contributed by atoms with Gasteiger partial charge in [0.1, 0.15) is 11.5 Å². The highest BCUT2D eigenvalue weighted by Gasteiger charge is 2.16. The lowest BCUT2D eigenvalue weighted by Crippen LogP contribution is -2.16. The third kappa shape index (κ3) is 4.24. The van der Waals surface area contributed by atoms with Crippen LogP contribution in [0.25, 0.3) is 11.5 Å². The van der Waals surface area contributed by atoms with Crippen molar-refractivity contribution in [1.82, 2.24) is 15.0 Å². The summed E-state index contributed by atoms with van der Waals surface area (Å²) in [5.74, 6) is 2.58. The van der Waals surface area contributed by atoms with Crippen molar-refractivity contribution in [3.8, 4) is 17.2 Å². The summed E-state index contributed by atoms with van der Waals surface area (Å²) < 4.78 is 11.5. The van der Waals surface area contributed by atoms with E-state index in [2.05, 4.69) is 15.0 Å². The molecular formula is C20H23N3O3S. The van der Waals surface area contributed by atoms with E-state index in [0.29, 0.717) is 29.8 Å². The molecular weight excluding hydrogens is 362 g/mol. The van der Waals surface area contributed by atoms with E-state index >= 15 is 0 Å². The second-order valence-electron chi connectivity index (χ2n) is 6.03. The molecule has 0 aliphatic rings. The largest absolute Gasteiger partial charge is 0.493 e. The number of nitrogens with one attached hydrogen (secondary N) is 1. The van der Waals surface area contributed by atoms with Gasteiger partial charge in [-0.15, -0.1) is 0 Å². The van der Waals surface area contributed by atoms with Crippen LogP contribution in [0.1, 0.15) is 36.6 Å². The molecule has 27 heavy (non-hydrogen) atoms. The molecule has 1 N–H and O–H groups in total. The maximum Gasteiger partial charge on any atom is 0.254 e. The fourth-order valence-corrected chi connectivity index (χ4v) is 3.72. The van der Waals surface area contributed by atoms with Crippen LogP contribution in [0.5, 0.6) is 5.75 Å². The topological polar surface area (TPSA) is 81.0 Å². The zero-order valence-corrected chi connectivity index (χ0v) is 16.8. The summed E-state index contributed by atoms with van der Waals surface area (Å²) in [6.45, 7) is 8.22. The van der Waals surface area contributed by atoms with Crippen molar-refractivity contribution < 1.29 is 9.15 Å². The number of nitrogens with zero attached hydrogens (tertiary/aromatic N) is 2. The number of para-hydroxylation sites is 1. The first-order valence-corrected chi connectivity index (χ1v) is 9.93. The van der Waals surface area contributed by atoms with Gasteiger partial charge >= 0.3 is 0 Å². The molecule has 3 aromatic rings. The lowest BCUT2D eigenvalue weighted by molar-refractivity contribution is 0.340. The van der Waals surface area contributed by atoms with Gasteiger partial charge in [0.25, 0.3) is 5.56 Å². The molecule has 0 amide bonds. The Labute approximate surface area is 162 Å². The minimum absolute atomic E-state index is 0.0734. The first-order chi connectivity index (χ1) is 13.0. The molecule has 142 valence electrons. The first kappa shape index (κ1) is 19.2.